The predicted molar refractivity (Wildman–Crippen MR) is 202 cm³/mol. The van der Waals surface area contributed by atoms with E-state index in [1.165, 1.54) is 91.7 Å². The molecule has 0 fully saturated rings. The van der Waals surface area contributed by atoms with Crippen LogP contribution in [0.2, 0.25) is 0 Å². The average Bonchev–Trinajstić information content (AvgIpc) is 3.76. The number of hydrogen-bond donors (Lipinski definition) is 0. The van der Waals surface area contributed by atoms with E-state index in [2.05, 4.69) is 169 Å². The Hall–Kier alpha value is -5.58. The van der Waals surface area contributed by atoms with E-state index in [0.29, 0.717) is 0 Å². The van der Waals surface area contributed by atoms with Crippen LogP contribution < -0.4 is 5.46 Å². The molecule has 0 spiro atoms. The van der Waals surface area contributed by atoms with Crippen LogP contribution in [0.4, 0.5) is 0 Å². The maximum Gasteiger partial charge on any atom is 0.141 e. The summed E-state index contributed by atoms with van der Waals surface area (Å²) in [4.78, 5) is 0. The minimum atomic E-state index is 1.17. The van der Waals surface area contributed by atoms with E-state index in [-0.39, 0.29) is 0 Å². The number of aromatic nitrogens is 2. The normalized spacial score (nSPS) is 12.0. The molecule has 214 valence electrons. The predicted octanol–water partition coefficient (Wildman–Crippen LogP) is 10.2. The van der Waals surface area contributed by atoms with Crippen LogP contribution in [0.5, 0.6) is 0 Å². The third-order valence-electron chi connectivity index (χ3n) is 9.60. The van der Waals surface area contributed by atoms with Crippen molar-refractivity contribution < 1.29 is 0 Å². The van der Waals surface area contributed by atoms with E-state index in [4.69, 9.17) is 0 Å². The number of para-hydroxylation sites is 3. The molecule has 0 bridgehead atoms. The lowest BCUT2D eigenvalue weighted by molar-refractivity contribution is 1.18. The van der Waals surface area contributed by atoms with Crippen molar-refractivity contribution in [2.24, 2.45) is 0 Å². The average molecular weight is 603 g/mol. The van der Waals surface area contributed by atoms with E-state index in [1.807, 2.05) is 11.3 Å². The Morgan fingerprint density at radius 2 is 1.09 bits per heavy atom. The summed E-state index contributed by atoms with van der Waals surface area (Å²) in [7, 11) is 2.25. The summed E-state index contributed by atoms with van der Waals surface area (Å²) in [6.45, 7) is 0. The van der Waals surface area contributed by atoms with Gasteiger partial charge in [0.05, 0.1) is 22.1 Å². The van der Waals surface area contributed by atoms with Crippen molar-refractivity contribution in [2.75, 3.05) is 0 Å². The SMILES string of the molecule is Bc1cc(-n2c3ccccc3c3c(-c4ccc5c6ccccc6n(-c6ccccc6)c5c4)cccc32)cc2c1sc1ccccc12. The quantitative estimate of drug-likeness (QED) is 0.178. The van der Waals surface area contributed by atoms with Crippen molar-refractivity contribution >= 4 is 88.4 Å². The maximum absolute atomic E-state index is 2.46. The van der Waals surface area contributed by atoms with Crippen LogP contribution in [0.15, 0.2) is 152 Å². The molecule has 3 aromatic heterocycles. The largest absolute Gasteiger partial charge is 0.309 e. The van der Waals surface area contributed by atoms with Crippen molar-refractivity contribution in [3.05, 3.63) is 152 Å². The first kappa shape index (κ1) is 25.7. The van der Waals surface area contributed by atoms with Crippen molar-refractivity contribution in [3.63, 3.8) is 0 Å². The van der Waals surface area contributed by atoms with E-state index in [1.54, 1.807) is 0 Å². The highest BCUT2D eigenvalue weighted by atomic mass is 32.1. The molecule has 0 saturated carbocycles. The van der Waals surface area contributed by atoms with Crippen LogP contribution in [-0.4, -0.2) is 17.0 Å². The highest BCUT2D eigenvalue weighted by Gasteiger charge is 2.19. The Balaban J connectivity index is 1.26. The first-order valence-electron chi connectivity index (χ1n) is 15.8. The second-order valence-electron chi connectivity index (χ2n) is 12.2. The van der Waals surface area contributed by atoms with Crippen molar-refractivity contribution in [1.82, 2.24) is 9.13 Å². The Kier molecular flexibility index (Phi) is 5.43. The summed E-state index contributed by atoms with van der Waals surface area (Å²) < 4.78 is 7.58. The first-order chi connectivity index (χ1) is 22.7. The van der Waals surface area contributed by atoms with Gasteiger partial charge in [-0.3, -0.25) is 0 Å². The van der Waals surface area contributed by atoms with Gasteiger partial charge in [-0.15, -0.1) is 11.3 Å². The lowest BCUT2D eigenvalue weighted by atomic mass is 9.93. The van der Waals surface area contributed by atoms with Crippen molar-refractivity contribution in [3.8, 4) is 22.5 Å². The summed E-state index contributed by atoms with van der Waals surface area (Å²) >= 11 is 1.89. The van der Waals surface area contributed by atoms with Crippen LogP contribution in [0.3, 0.4) is 0 Å². The molecule has 46 heavy (non-hydrogen) atoms. The molecular formula is C42H27BN2S. The molecule has 7 aromatic carbocycles. The molecule has 0 N–H and O–H groups in total. The lowest BCUT2D eigenvalue weighted by Crippen LogP contribution is -2.05. The molecule has 0 unspecified atom stereocenters. The molecular weight excluding hydrogens is 575 g/mol. The topological polar surface area (TPSA) is 9.86 Å². The monoisotopic (exact) mass is 602 g/mol. The highest BCUT2D eigenvalue weighted by molar-refractivity contribution is 7.26. The summed E-state index contributed by atoms with van der Waals surface area (Å²) in [5.41, 5.74) is 11.1. The number of rotatable bonds is 3. The molecule has 0 atom stereocenters. The molecule has 0 radical (unpaired) electrons. The molecule has 10 aromatic rings. The van der Waals surface area contributed by atoms with Gasteiger partial charge in [-0.1, -0.05) is 103 Å². The van der Waals surface area contributed by atoms with E-state index >= 15 is 0 Å². The molecule has 0 saturated heterocycles. The molecule has 0 aliphatic heterocycles. The Labute approximate surface area is 270 Å². The fraction of sp³-hybridized carbons (Fsp3) is 0. The van der Waals surface area contributed by atoms with Crippen LogP contribution >= 0.6 is 11.3 Å². The van der Waals surface area contributed by atoms with Crippen molar-refractivity contribution in [2.45, 2.75) is 0 Å². The minimum Gasteiger partial charge on any atom is -0.309 e. The second kappa shape index (κ2) is 9.71. The van der Waals surface area contributed by atoms with Gasteiger partial charge in [0, 0.05) is 53.1 Å². The summed E-state index contributed by atoms with van der Waals surface area (Å²) in [5.74, 6) is 0. The number of thiophene rings is 1. The van der Waals surface area contributed by atoms with Gasteiger partial charge in [0.2, 0.25) is 0 Å². The number of hydrogen-bond acceptors (Lipinski definition) is 1. The zero-order chi connectivity index (χ0) is 30.4. The van der Waals surface area contributed by atoms with E-state index in [9.17, 15) is 0 Å². The van der Waals surface area contributed by atoms with Gasteiger partial charge in [0.15, 0.2) is 0 Å². The van der Waals surface area contributed by atoms with Gasteiger partial charge in [-0.25, -0.2) is 0 Å². The summed E-state index contributed by atoms with van der Waals surface area (Å²) in [6, 6.07) is 55.6. The zero-order valence-electron chi connectivity index (χ0n) is 25.2. The highest BCUT2D eigenvalue weighted by Crippen LogP contribution is 2.42. The Morgan fingerprint density at radius 3 is 1.93 bits per heavy atom. The molecule has 2 nitrogen and oxygen atoms in total. The van der Waals surface area contributed by atoms with Gasteiger partial charge >= 0.3 is 0 Å². The smallest absolute Gasteiger partial charge is 0.141 e. The number of fused-ring (bicyclic) bond motifs is 9. The Bertz CT molecular complexity index is 2820. The van der Waals surface area contributed by atoms with Gasteiger partial charge in [0.25, 0.3) is 0 Å². The molecule has 4 heteroatoms. The van der Waals surface area contributed by atoms with Crippen LogP contribution in [-0.2, 0) is 0 Å². The molecule has 0 aliphatic carbocycles. The third-order valence-corrected chi connectivity index (χ3v) is 10.9. The van der Waals surface area contributed by atoms with Crippen molar-refractivity contribution in [1.29, 1.82) is 0 Å². The fourth-order valence-electron chi connectivity index (χ4n) is 7.64. The van der Waals surface area contributed by atoms with E-state index in [0.717, 1.165) is 0 Å². The summed E-state index contributed by atoms with van der Waals surface area (Å²) in [6.07, 6.45) is 0. The van der Waals surface area contributed by atoms with Gasteiger partial charge < -0.3 is 9.13 Å². The first-order valence-corrected chi connectivity index (χ1v) is 16.6. The van der Waals surface area contributed by atoms with Gasteiger partial charge in [-0.05, 0) is 65.7 Å². The minimum absolute atomic E-state index is 1.17. The molecule has 3 heterocycles. The van der Waals surface area contributed by atoms with Gasteiger partial charge in [-0.2, -0.15) is 0 Å². The number of nitrogens with zero attached hydrogens (tertiary/aromatic N) is 2. The second-order valence-corrected chi connectivity index (χ2v) is 13.3. The molecule has 0 aliphatic rings. The maximum atomic E-state index is 2.46. The molecule has 0 amide bonds. The zero-order valence-corrected chi connectivity index (χ0v) is 26.1. The van der Waals surface area contributed by atoms with Gasteiger partial charge in [0.1, 0.15) is 7.85 Å². The third kappa shape index (κ3) is 3.59. The Morgan fingerprint density at radius 1 is 0.435 bits per heavy atom. The number of benzene rings is 7. The van der Waals surface area contributed by atoms with E-state index < -0.39 is 0 Å². The van der Waals surface area contributed by atoms with Crippen LogP contribution in [0.1, 0.15) is 0 Å². The summed E-state index contributed by atoms with van der Waals surface area (Å²) in [5, 5.41) is 7.75. The standard InChI is InChI=1S/C42H27BN2S/c43-35-25-28(24-34-32-14-6-9-20-40(32)46-42(34)35)45-37-18-8-5-15-33(37)41-29(16-10-19-38(41)45)26-21-22-31-30-13-4-7-17-36(30)44(39(31)23-26)27-11-2-1-3-12-27/h1-25H,43H2. The fourth-order valence-corrected chi connectivity index (χ4v) is 8.79. The molecule has 10 rings (SSSR count). The van der Waals surface area contributed by atoms with Crippen LogP contribution in [0, 0.1) is 0 Å². The van der Waals surface area contributed by atoms with Crippen LogP contribution in [0.25, 0.3) is 86.3 Å². The lowest BCUT2D eigenvalue weighted by Gasteiger charge is -2.11.